The zero-order valence-electron chi connectivity index (χ0n) is 16.6. The minimum Gasteiger partial charge on any atom is -0.464 e. The van der Waals surface area contributed by atoms with Crippen molar-refractivity contribution in [2.75, 3.05) is 13.4 Å². The van der Waals surface area contributed by atoms with Crippen LogP contribution in [0.2, 0.25) is 5.02 Å². The lowest BCUT2D eigenvalue weighted by Crippen LogP contribution is -2.10. The van der Waals surface area contributed by atoms with Crippen molar-refractivity contribution in [3.05, 3.63) is 52.1 Å². The number of esters is 1. The Morgan fingerprint density at radius 2 is 2.03 bits per heavy atom. The van der Waals surface area contributed by atoms with Crippen molar-refractivity contribution in [3.8, 4) is 0 Å². The van der Waals surface area contributed by atoms with Gasteiger partial charge in [0.1, 0.15) is 0 Å². The van der Waals surface area contributed by atoms with E-state index in [4.69, 9.17) is 21.2 Å². The van der Waals surface area contributed by atoms with Gasteiger partial charge in [0, 0.05) is 42.1 Å². The van der Waals surface area contributed by atoms with E-state index in [-0.39, 0.29) is 10.6 Å². The number of carbonyl (C=O) groups is 1. The van der Waals surface area contributed by atoms with Crippen LogP contribution < -0.4 is 0 Å². The molecule has 0 fully saturated rings. The quantitative estimate of drug-likeness (QED) is 0.566. The normalized spacial score (nSPS) is 16.1. The Morgan fingerprint density at radius 3 is 2.67 bits per heavy atom. The van der Waals surface area contributed by atoms with E-state index in [1.807, 2.05) is 6.92 Å². The molecule has 0 radical (unpaired) electrons. The lowest BCUT2D eigenvalue weighted by Gasteiger charge is -2.17. The Bertz CT molecular complexity index is 1110. The lowest BCUT2D eigenvalue weighted by atomic mass is 10.0. The molecule has 1 unspecified atom stereocenters. The molecule has 1 aliphatic heterocycles. The molecule has 1 aromatic heterocycles. The predicted octanol–water partition coefficient (Wildman–Crippen LogP) is 3.59. The molecule has 1 aromatic carbocycles. The molecule has 3 rings (SSSR count). The van der Waals surface area contributed by atoms with Gasteiger partial charge in [0.2, 0.25) is 0 Å². The topological polar surface area (TPSA) is 108 Å². The Labute approximate surface area is 183 Å². The van der Waals surface area contributed by atoms with Crippen molar-refractivity contribution in [1.82, 2.24) is 9.97 Å². The molecule has 0 aliphatic carbocycles. The van der Waals surface area contributed by atoms with Crippen molar-refractivity contribution in [3.63, 3.8) is 0 Å². The molecule has 2 heterocycles. The number of benzene rings is 1. The van der Waals surface area contributed by atoms with Crippen LogP contribution in [-0.2, 0) is 30.9 Å². The summed E-state index contributed by atoms with van der Waals surface area (Å²) in [6, 6.07) is 3.24. The molecule has 160 valence electrons. The first kappa shape index (κ1) is 22.5. The van der Waals surface area contributed by atoms with Gasteiger partial charge in [-0.1, -0.05) is 22.8 Å². The highest BCUT2D eigenvalue weighted by Gasteiger charge is 2.30. The number of hydrogen-bond acceptors (Lipinski definition) is 9. The summed E-state index contributed by atoms with van der Waals surface area (Å²) in [6.07, 6.45) is 4.01. The van der Waals surface area contributed by atoms with Crippen molar-refractivity contribution in [2.24, 2.45) is 5.16 Å². The molecular weight excluding hydrogens is 450 g/mol. The van der Waals surface area contributed by atoms with Crippen LogP contribution >= 0.6 is 23.4 Å². The SMILES string of the molecule is COC(=O)c1nccnc1CSCc1ccc(S(C)(=O)=O)c(C2CC(C)=NO2)c1Cl. The van der Waals surface area contributed by atoms with Gasteiger partial charge in [0.15, 0.2) is 21.6 Å². The first-order valence-corrected chi connectivity index (χ1v) is 12.3. The van der Waals surface area contributed by atoms with Crippen LogP contribution in [0.15, 0.2) is 34.6 Å². The molecule has 1 atom stereocenters. The maximum Gasteiger partial charge on any atom is 0.358 e. The molecular formula is C19H20ClN3O5S2. The number of ether oxygens (including phenoxy) is 1. The number of rotatable bonds is 7. The van der Waals surface area contributed by atoms with Gasteiger partial charge >= 0.3 is 5.97 Å². The number of aromatic nitrogens is 2. The third kappa shape index (κ3) is 4.93. The van der Waals surface area contributed by atoms with E-state index in [9.17, 15) is 13.2 Å². The Kier molecular flexibility index (Phi) is 6.99. The monoisotopic (exact) mass is 469 g/mol. The summed E-state index contributed by atoms with van der Waals surface area (Å²) in [4.78, 5) is 25.6. The fraction of sp³-hybridized carbons (Fsp3) is 0.368. The highest BCUT2D eigenvalue weighted by molar-refractivity contribution is 7.97. The van der Waals surface area contributed by atoms with E-state index in [2.05, 4.69) is 15.1 Å². The van der Waals surface area contributed by atoms with E-state index in [1.54, 1.807) is 12.1 Å². The summed E-state index contributed by atoms with van der Waals surface area (Å²) in [5, 5.41) is 4.26. The average Bonchev–Trinajstić information content (AvgIpc) is 3.13. The van der Waals surface area contributed by atoms with Crippen LogP contribution in [0, 0.1) is 0 Å². The van der Waals surface area contributed by atoms with Crippen LogP contribution in [0.3, 0.4) is 0 Å². The largest absolute Gasteiger partial charge is 0.464 e. The molecule has 0 saturated heterocycles. The zero-order chi connectivity index (χ0) is 21.9. The standard InChI is InChI=1S/C19H20ClN3O5S2/c1-11-8-14(28-23-11)16-15(30(3,25)26)5-4-12(17(16)20)9-29-10-13-18(19(24)27-2)22-7-6-21-13/h4-7,14H,8-10H2,1-3H3. The summed E-state index contributed by atoms with van der Waals surface area (Å²) in [7, 11) is -2.21. The highest BCUT2D eigenvalue weighted by atomic mass is 35.5. The summed E-state index contributed by atoms with van der Waals surface area (Å²) in [5.74, 6) is 0.324. The van der Waals surface area contributed by atoms with E-state index < -0.39 is 21.9 Å². The van der Waals surface area contributed by atoms with Crippen LogP contribution in [-0.4, -0.2) is 43.4 Å². The third-order valence-electron chi connectivity index (χ3n) is 4.41. The number of oxime groups is 1. The molecule has 0 saturated carbocycles. The van der Waals surface area contributed by atoms with Gasteiger partial charge in [0.25, 0.3) is 0 Å². The summed E-state index contributed by atoms with van der Waals surface area (Å²) < 4.78 is 29.3. The smallest absolute Gasteiger partial charge is 0.358 e. The van der Waals surface area contributed by atoms with E-state index >= 15 is 0 Å². The lowest BCUT2D eigenvalue weighted by molar-refractivity contribution is 0.0592. The molecule has 11 heteroatoms. The Hall–Kier alpha value is -2.17. The van der Waals surface area contributed by atoms with Gasteiger partial charge in [-0.2, -0.15) is 11.8 Å². The van der Waals surface area contributed by atoms with Crippen molar-refractivity contribution < 1.29 is 22.8 Å². The number of sulfone groups is 1. The third-order valence-corrected chi connectivity index (χ3v) is 7.00. The number of hydrogen-bond donors (Lipinski definition) is 0. The second-order valence-corrected chi connectivity index (χ2v) is 10.0. The summed E-state index contributed by atoms with van der Waals surface area (Å²) in [6.45, 7) is 1.81. The zero-order valence-corrected chi connectivity index (χ0v) is 19.0. The minimum atomic E-state index is -3.50. The number of methoxy groups -OCH3 is 1. The van der Waals surface area contributed by atoms with Gasteiger partial charge in [0.05, 0.1) is 28.4 Å². The van der Waals surface area contributed by atoms with E-state index in [0.717, 1.165) is 17.5 Å². The van der Waals surface area contributed by atoms with Crippen molar-refractivity contribution in [1.29, 1.82) is 0 Å². The van der Waals surface area contributed by atoms with E-state index in [1.165, 1.54) is 31.3 Å². The molecule has 0 spiro atoms. The predicted molar refractivity (Wildman–Crippen MR) is 114 cm³/mol. The molecule has 1 aliphatic rings. The maximum atomic E-state index is 12.3. The minimum absolute atomic E-state index is 0.137. The number of nitrogens with zero attached hydrogens (tertiary/aromatic N) is 3. The molecule has 2 aromatic rings. The van der Waals surface area contributed by atoms with Crippen LogP contribution in [0.5, 0.6) is 0 Å². The molecule has 0 N–H and O–H groups in total. The van der Waals surface area contributed by atoms with Gasteiger partial charge < -0.3 is 9.57 Å². The fourth-order valence-corrected chi connectivity index (χ4v) is 5.41. The van der Waals surface area contributed by atoms with Crippen LogP contribution in [0.1, 0.15) is 46.8 Å². The van der Waals surface area contributed by atoms with Gasteiger partial charge in [-0.3, -0.25) is 4.98 Å². The first-order chi connectivity index (χ1) is 14.2. The molecule has 0 amide bonds. The molecule has 8 nitrogen and oxygen atoms in total. The van der Waals surface area contributed by atoms with Gasteiger partial charge in [-0.25, -0.2) is 18.2 Å². The molecule has 30 heavy (non-hydrogen) atoms. The van der Waals surface area contributed by atoms with Gasteiger partial charge in [-0.05, 0) is 18.6 Å². The number of thioether (sulfide) groups is 1. The van der Waals surface area contributed by atoms with Gasteiger partial charge in [-0.15, -0.1) is 0 Å². The van der Waals surface area contributed by atoms with Crippen molar-refractivity contribution >= 4 is 44.9 Å². The second-order valence-electron chi connectivity index (χ2n) is 6.68. The number of carbonyl (C=O) groups excluding carboxylic acids is 1. The molecule has 0 bridgehead atoms. The Balaban J connectivity index is 1.84. The van der Waals surface area contributed by atoms with Crippen molar-refractivity contribution in [2.45, 2.75) is 35.8 Å². The fourth-order valence-electron chi connectivity index (χ4n) is 3.00. The van der Waals surface area contributed by atoms with E-state index in [0.29, 0.717) is 34.2 Å². The Morgan fingerprint density at radius 1 is 1.30 bits per heavy atom. The number of halogens is 1. The highest BCUT2D eigenvalue weighted by Crippen LogP contribution is 2.39. The second kappa shape index (κ2) is 9.32. The van der Waals surface area contributed by atoms with Crippen LogP contribution in [0.25, 0.3) is 0 Å². The first-order valence-electron chi connectivity index (χ1n) is 8.89. The van der Waals surface area contributed by atoms with Crippen LogP contribution in [0.4, 0.5) is 0 Å². The maximum absolute atomic E-state index is 12.3. The summed E-state index contributed by atoms with van der Waals surface area (Å²) in [5.41, 5.74) is 2.61. The average molecular weight is 470 g/mol. The summed E-state index contributed by atoms with van der Waals surface area (Å²) >= 11 is 8.09.